The van der Waals surface area contributed by atoms with Crippen LogP contribution >= 0.6 is 22.4 Å². The lowest BCUT2D eigenvalue weighted by Crippen LogP contribution is -2.35. The number of fused-ring (bicyclic) bond motifs is 2. The van der Waals surface area contributed by atoms with Gasteiger partial charge < -0.3 is 0 Å². The Morgan fingerprint density at radius 2 is 1.09 bits per heavy atom. The van der Waals surface area contributed by atoms with Gasteiger partial charge in [0.1, 0.15) is 0 Å². The highest BCUT2D eigenvalue weighted by Crippen LogP contribution is 2.76. The van der Waals surface area contributed by atoms with E-state index in [1.807, 2.05) is 0 Å². The molecular formula is C20H34BI. The van der Waals surface area contributed by atoms with Gasteiger partial charge in [-0.25, -0.2) is 0 Å². The molecule has 0 aliphatic heterocycles. The molecule has 0 aromatic carbocycles. The van der Waals surface area contributed by atoms with Crippen molar-refractivity contribution in [3.63, 3.8) is 0 Å². The smallest absolute Gasteiger partial charge is 0.149 e. The van der Waals surface area contributed by atoms with E-state index in [1.54, 1.807) is 0 Å². The maximum atomic E-state index is 2.93. The van der Waals surface area contributed by atoms with Crippen molar-refractivity contribution in [2.24, 2.45) is 46.3 Å². The van der Waals surface area contributed by atoms with E-state index in [2.05, 4.69) is 63.9 Å². The largest absolute Gasteiger partial charge is 0.225 e. The lowest BCUT2D eigenvalue weighted by Gasteiger charge is -2.39. The Kier molecular flexibility index (Phi) is 3.63. The molecular weight excluding hydrogens is 378 g/mol. The van der Waals surface area contributed by atoms with Gasteiger partial charge in [0.2, 0.25) is 4.57 Å². The predicted molar refractivity (Wildman–Crippen MR) is 106 cm³/mol. The van der Waals surface area contributed by atoms with Crippen LogP contribution in [0.15, 0.2) is 0 Å². The highest BCUT2D eigenvalue weighted by atomic mass is 127. The van der Waals surface area contributed by atoms with Crippen molar-refractivity contribution in [2.75, 3.05) is 0 Å². The molecule has 0 amide bonds. The molecule has 4 saturated carbocycles. The van der Waals surface area contributed by atoms with Gasteiger partial charge >= 0.3 is 0 Å². The van der Waals surface area contributed by atoms with Crippen molar-refractivity contribution >= 4 is 26.9 Å². The van der Waals surface area contributed by atoms with Gasteiger partial charge in [0.25, 0.3) is 0 Å². The molecule has 22 heavy (non-hydrogen) atoms. The second kappa shape index (κ2) is 4.91. The van der Waals surface area contributed by atoms with E-state index in [-0.39, 0.29) is 0 Å². The molecule has 4 aliphatic carbocycles. The van der Waals surface area contributed by atoms with Crippen LogP contribution in [-0.4, -0.2) is 4.57 Å². The topological polar surface area (TPSA) is 0 Å². The first kappa shape index (κ1) is 16.3. The van der Waals surface area contributed by atoms with Crippen LogP contribution in [0.4, 0.5) is 0 Å². The van der Waals surface area contributed by atoms with Crippen LogP contribution in [0.1, 0.15) is 67.2 Å². The van der Waals surface area contributed by atoms with Crippen LogP contribution in [0.5, 0.6) is 0 Å². The number of halogens is 1. The molecule has 8 atom stereocenters. The van der Waals surface area contributed by atoms with Gasteiger partial charge in [-0.1, -0.05) is 54.4 Å². The van der Waals surface area contributed by atoms with Crippen molar-refractivity contribution in [3.05, 3.63) is 0 Å². The van der Waals surface area contributed by atoms with Crippen molar-refractivity contribution in [2.45, 2.75) is 78.9 Å². The van der Waals surface area contributed by atoms with Crippen molar-refractivity contribution < 1.29 is 0 Å². The Bertz CT molecular complexity index is 428. The summed E-state index contributed by atoms with van der Waals surface area (Å²) in [6.07, 6.45) is 6.01. The Morgan fingerprint density at radius 1 is 0.727 bits per heavy atom. The summed E-state index contributed by atoms with van der Waals surface area (Å²) >= 11 is 2.93. The molecule has 0 N–H and O–H groups in total. The minimum Gasteiger partial charge on any atom is -0.149 e. The van der Waals surface area contributed by atoms with E-state index in [0.29, 0.717) is 10.8 Å². The summed E-state index contributed by atoms with van der Waals surface area (Å²) in [6.45, 7) is 15.4. The fraction of sp³-hybridized carbons (Fsp3) is 1.00. The van der Waals surface area contributed by atoms with E-state index in [4.69, 9.17) is 0 Å². The van der Waals surface area contributed by atoms with E-state index in [0.717, 1.165) is 51.7 Å². The molecule has 124 valence electrons. The lowest BCUT2D eigenvalue weighted by molar-refractivity contribution is 0.333. The summed E-state index contributed by atoms with van der Waals surface area (Å²) in [5, 5.41) is 0. The zero-order valence-electron chi connectivity index (χ0n) is 15.4. The van der Waals surface area contributed by atoms with Crippen LogP contribution in [-0.2, 0) is 0 Å². The normalized spacial score (nSPS) is 54.1. The second-order valence-corrected chi connectivity index (χ2v) is 12.1. The second-order valence-electron chi connectivity index (χ2n) is 10.6. The van der Waals surface area contributed by atoms with E-state index >= 15 is 0 Å². The summed E-state index contributed by atoms with van der Waals surface area (Å²) in [6, 6.07) is 0. The van der Waals surface area contributed by atoms with Gasteiger partial charge in [0.15, 0.2) is 0 Å². The van der Waals surface area contributed by atoms with Crippen LogP contribution in [0.25, 0.3) is 0 Å². The molecule has 0 bridgehead atoms. The zero-order chi connectivity index (χ0) is 16.0. The fourth-order valence-electron chi connectivity index (χ4n) is 7.46. The maximum Gasteiger partial charge on any atom is 0.225 e. The van der Waals surface area contributed by atoms with Crippen molar-refractivity contribution in [1.82, 2.24) is 0 Å². The molecule has 0 aromatic rings. The Hall–Kier alpha value is 0.795. The quantitative estimate of drug-likeness (QED) is 0.356. The first-order valence-electron chi connectivity index (χ1n) is 9.83. The summed E-state index contributed by atoms with van der Waals surface area (Å²) in [5.74, 6) is 8.08. The summed E-state index contributed by atoms with van der Waals surface area (Å²) in [4.78, 5) is 0. The van der Waals surface area contributed by atoms with Crippen molar-refractivity contribution in [3.8, 4) is 0 Å². The standard InChI is InChI=1S/C20H34BI/c1-11-7-9-13-15(19(13,3)4)17(11)21(22)18-12(2)8-10-14-16(18)20(14,5)6/h11-18H,7-10H2,1-6H3/t11-,12-,13+,14+,15-,16+,17+,18+/m0/s1. The molecule has 2 heteroatoms. The summed E-state index contributed by atoms with van der Waals surface area (Å²) in [7, 11) is 0. The minimum absolute atomic E-state index is 0.648. The molecule has 0 radical (unpaired) electrons. The fourth-order valence-corrected chi connectivity index (χ4v) is 9.77. The molecule has 4 rings (SSSR count). The number of rotatable bonds is 2. The molecule has 0 heterocycles. The first-order chi connectivity index (χ1) is 10.2. The third-order valence-corrected chi connectivity index (χ3v) is 10.7. The summed E-state index contributed by atoms with van der Waals surface area (Å²) in [5.41, 5.74) is 1.30. The average Bonchev–Trinajstić information content (AvgIpc) is 3.20. The Morgan fingerprint density at radius 3 is 1.45 bits per heavy atom. The molecule has 0 unspecified atom stereocenters. The first-order valence-corrected chi connectivity index (χ1v) is 11.1. The van der Waals surface area contributed by atoms with Gasteiger partial charge in [-0.3, -0.25) is 0 Å². The van der Waals surface area contributed by atoms with Gasteiger partial charge in [0.05, 0.1) is 0 Å². The molecule has 4 fully saturated rings. The third kappa shape index (κ3) is 2.07. The SMILES string of the molecule is C[C@H]1CC[C@@H]2[C@@H]([C@@H]1B(I)[C@H]1[C@H]3[C@@H](CC[C@@H]1C)C3(C)C)C2(C)C. The molecule has 0 saturated heterocycles. The monoisotopic (exact) mass is 412 g/mol. The van der Waals surface area contributed by atoms with Crippen LogP contribution in [0.2, 0.25) is 11.6 Å². The van der Waals surface area contributed by atoms with Gasteiger partial charge in [-0.2, -0.15) is 0 Å². The average molecular weight is 412 g/mol. The molecule has 0 nitrogen and oxygen atoms in total. The van der Waals surface area contributed by atoms with E-state index < -0.39 is 0 Å². The Labute approximate surface area is 151 Å². The number of hydrogen-bond donors (Lipinski definition) is 0. The van der Waals surface area contributed by atoms with E-state index in [1.165, 1.54) is 25.7 Å². The van der Waals surface area contributed by atoms with Crippen molar-refractivity contribution in [1.29, 1.82) is 0 Å². The summed E-state index contributed by atoms with van der Waals surface area (Å²) < 4.78 is 0.923. The highest BCUT2D eigenvalue weighted by Gasteiger charge is 2.69. The number of hydrogen-bond acceptors (Lipinski definition) is 0. The van der Waals surface area contributed by atoms with Gasteiger partial charge in [-0.05, 0) is 70.8 Å². The van der Waals surface area contributed by atoms with Crippen LogP contribution in [0.3, 0.4) is 0 Å². The predicted octanol–water partition coefficient (Wildman–Crippen LogP) is 6.56. The third-order valence-electron chi connectivity index (χ3n) is 9.02. The van der Waals surface area contributed by atoms with Gasteiger partial charge in [0, 0.05) is 0 Å². The zero-order valence-corrected chi connectivity index (χ0v) is 17.6. The van der Waals surface area contributed by atoms with Crippen LogP contribution < -0.4 is 0 Å². The minimum atomic E-state index is 0.648. The molecule has 0 aromatic heterocycles. The van der Waals surface area contributed by atoms with Crippen LogP contribution in [0, 0.1) is 46.3 Å². The highest BCUT2D eigenvalue weighted by molar-refractivity contribution is 14.1. The Balaban J connectivity index is 1.59. The maximum absolute atomic E-state index is 2.93. The molecule has 4 aliphatic rings. The molecule has 0 spiro atoms. The van der Waals surface area contributed by atoms with Gasteiger partial charge in [-0.15, -0.1) is 22.4 Å². The lowest BCUT2D eigenvalue weighted by atomic mass is 9.43. The van der Waals surface area contributed by atoms with E-state index in [9.17, 15) is 0 Å².